The van der Waals surface area contributed by atoms with Crippen molar-refractivity contribution in [1.82, 2.24) is 9.78 Å². The first-order chi connectivity index (χ1) is 13.6. The normalized spacial score (nSPS) is 10.8. The highest BCUT2D eigenvalue weighted by Crippen LogP contribution is 2.22. The molecule has 140 valence electrons. The number of halogens is 1. The van der Waals surface area contributed by atoms with Crippen LogP contribution in [0.25, 0.3) is 6.08 Å². The molecule has 6 heteroatoms. The van der Waals surface area contributed by atoms with Crippen molar-refractivity contribution in [3.8, 4) is 6.07 Å². The molecule has 0 amide bonds. The van der Waals surface area contributed by atoms with Gasteiger partial charge >= 0.3 is 5.97 Å². The Bertz CT molecular complexity index is 1050. The molecule has 2 aromatic carbocycles. The van der Waals surface area contributed by atoms with Gasteiger partial charge in [0, 0.05) is 17.2 Å². The standard InChI is InChI=1S/C22H18ClN3O2/c1-16-20(22(23)26(25-16)14-17-7-3-2-4-8-17)11-12-21(27)28-15-19-10-6-5-9-18(19)13-24/h2-12H,14-15H2,1H3/b12-11+. The van der Waals surface area contributed by atoms with Crippen LogP contribution in [0.3, 0.4) is 0 Å². The number of aryl methyl sites for hydroxylation is 1. The summed E-state index contributed by atoms with van der Waals surface area (Å²) in [4.78, 5) is 12.0. The van der Waals surface area contributed by atoms with Gasteiger partial charge in [-0.2, -0.15) is 10.4 Å². The molecule has 3 aromatic rings. The van der Waals surface area contributed by atoms with Gasteiger partial charge in [-0.05, 0) is 24.6 Å². The molecular formula is C22H18ClN3O2. The van der Waals surface area contributed by atoms with E-state index in [0.717, 1.165) is 11.3 Å². The molecular weight excluding hydrogens is 374 g/mol. The van der Waals surface area contributed by atoms with Crippen LogP contribution in [-0.2, 0) is 22.7 Å². The molecule has 0 saturated carbocycles. The van der Waals surface area contributed by atoms with E-state index in [1.807, 2.05) is 37.3 Å². The number of rotatable bonds is 6. The molecule has 5 nitrogen and oxygen atoms in total. The first kappa shape index (κ1) is 19.4. The lowest BCUT2D eigenvalue weighted by atomic mass is 10.1. The van der Waals surface area contributed by atoms with Crippen molar-refractivity contribution in [2.45, 2.75) is 20.1 Å². The summed E-state index contributed by atoms with van der Waals surface area (Å²) in [6, 6.07) is 18.9. The van der Waals surface area contributed by atoms with Crippen LogP contribution in [0.5, 0.6) is 0 Å². The third-order valence-electron chi connectivity index (χ3n) is 4.18. The maximum absolute atomic E-state index is 12.0. The summed E-state index contributed by atoms with van der Waals surface area (Å²) >= 11 is 6.44. The molecule has 0 spiro atoms. The van der Waals surface area contributed by atoms with E-state index in [2.05, 4.69) is 11.2 Å². The zero-order valence-electron chi connectivity index (χ0n) is 15.3. The number of hydrogen-bond donors (Lipinski definition) is 0. The van der Waals surface area contributed by atoms with E-state index in [1.165, 1.54) is 6.08 Å². The van der Waals surface area contributed by atoms with Crippen molar-refractivity contribution >= 4 is 23.6 Å². The monoisotopic (exact) mass is 391 g/mol. The van der Waals surface area contributed by atoms with Gasteiger partial charge in [0.15, 0.2) is 0 Å². The highest BCUT2D eigenvalue weighted by Gasteiger charge is 2.12. The fourth-order valence-corrected chi connectivity index (χ4v) is 3.02. The van der Waals surface area contributed by atoms with Crippen LogP contribution in [-0.4, -0.2) is 15.7 Å². The van der Waals surface area contributed by atoms with Crippen LogP contribution in [0.1, 0.15) is 27.9 Å². The van der Waals surface area contributed by atoms with E-state index >= 15 is 0 Å². The lowest BCUT2D eigenvalue weighted by molar-refractivity contribution is -0.138. The predicted octanol–water partition coefficient (Wildman–Crippen LogP) is 4.52. The zero-order chi connectivity index (χ0) is 19.9. The molecule has 0 fully saturated rings. The average Bonchev–Trinajstić information content (AvgIpc) is 2.98. The van der Waals surface area contributed by atoms with Crippen molar-refractivity contribution in [2.24, 2.45) is 0 Å². The third kappa shape index (κ3) is 4.67. The number of hydrogen-bond acceptors (Lipinski definition) is 4. The Morgan fingerprint density at radius 3 is 2.68 bits per heavy atom. The van der Waals surface area contributed by atoms with Crippen molar-refractivity contribution in [3.05, 3.63) is 93.8 Å². The summed E-state index contributed by atoms with van der Waals surface area (Å²) in [6.07, 6.45) is 2.92. The van der Waals surface area contributed by atoms with Crippen LogP contribution >= 0.6 is 11.6 Å². The molecule has 28 heavy (non-hydrogen) atoms. The molecule has 0 N–H and O–H groups in total. The highest BCUT2D eigenvalue weighted by molar-refractivity contribution is 6.31. The van der Waals surface area contributed by atoms with Crippen molar-refractivity contribution in [2.75, 3.05) is 0 Å². The van der Waals surface area contributed by atoms with Gasteiger partial charge < -0.3 is 4.74 Å². The fraction of sp³-hybridized carbons (Fsp3) is 0.136. The van der Waals surface area contributed by atoms with E-state index in [9.17, 15) is 4.79 Å². The van der Waals surface area contributed by atoms with E-state index < -0.39 is 5.97 Å². The smallest absolute Gasteiger partial charge is 0.331 e. The van der Waals surface area contributed by atoms with Gasteiger partial charge in [0.1, 0.15) is 11.8 Å². The summed E-state index contributed by atoms with van der Waals surface area (Å²) in [5, 5.41) is 14.0. The molecule has 1 heterocycles. The quantitative estimate of drug-likeness (QED) is 0.457. The molecule has 0 saturated heterocycles. The maximum atomic E-state index is 12.0. The van der Waals surface area contributed by atoms with Crippen LogP contribution in [0, 0.1) is 18.3 Å². The lowest BCUT2D eigenvalue weighted by Crippen LogP contribution is -2.02. The van der Waals surface area contributed by atoms with Gasteiger partial charge in [-0.3, -0.25) is 0 Å². The van der Waals surface area contributed by atoms with Gasteiger partial charge in [-0.15, -0.1) is 0 Å². The minimum absolute atomic E-state index is 0.0346. The molecule has 0 unspecified atom stereocenters. The number of ether oxygens (including phenoxy) is 1. The van der Waals surface area contributed by atoms with Gasteiger partial charge in [-0.25, -0.2) is 9.48 Å². The molecule has 0 aliphatic carbocycles. The Morgan fingerprint density at radius 2 is 1.93 bits per heavy atom. The molecule has 0 radical (unpaired) electrons. The van der Waals surface area contributed by atoms with Crippen molar-refractivity contribution in [3.63, 3.8) is 0 Å². The molecule has 3 rings (SSSR count). The Balaban J connectivity index is 1.67. The zero-order valence-corrected chi connectivity index (χ0v) is 16.1. The second kappa shape index (κ2) is 9.03. The number of aromatic nitrogens is 2. The predicted molar refractivity (Wildman–Crippen MR) is 108 cm³/mol. The number of benzene rings is 2. The number of esters is 1. The Kier molecular flexibility index (Phi) is 6.25. The van der Waals surface area contributed by atoms with E-state index in [-0.39, 0.29) is 6.61 Å². The summed E-state index contributed by atoms with van der Waals surface area (Å²) in [6.45, 7) is 2.41. The molecule has 0 aliphatic heterocycles. The van der Waals surface area contributed by atoms with Crippen molar-refractivity contribution in [1.29, 1.82) is 5.26 Å². The van der Waals surface area contributed by atoms with E-state index in [0.29, 0.717) is 28.4 Å². The lowest BCUT2D eigenvalue weighted by Gasteiger charge is -2.04. The topological polar surface area (TPSA) is 67.9 Å². The van der Waals surface area contributed by atoms with E-state index in [1.54, 1.807) is 35.0 Å². The number of carbonyl (C=O) groups is 1. The summed E-state index contributed by atoms with van der Waals surface area (Å²) in [5.74, 6) is -0.515. The highest BCUT2D eigenvalue weighted by atomic mass is 35.5. The number of nitrogens with zero attached hydrogens (tertiary/aromatic N) is 3. The summed E-state index contributed by atoms with van der Waals surface area (Å²) in [5.41, 5.74) is 3.63. The first-order valence-electron chi connectivity index (χ1n) is 8.68. The van der Waals surface area contributed by atoms with Gasteiger partial charge in [-0.1, -0.05) is 60.1 Å². The maximum Gasteiger partial charge on any atom is 0.331 e. The van der Waals surface area contributed by atoms with Crippen LogP contribution in [0.2, 0.25) is 5.15 Å². The first-order valence-corrected chi connectivity index (χ1v) is 9.06. The second-order valence-corrected chi connectivity index (χ2v) is 6.50. The molecule has 0 atom stereocenters. The molecule has 1 aromatic heterocycles. The van der Waals surface area contributed by atoms with Crippen LogP contribution < -0.4 is 0 Å². The number of nitriles is 1. The second-order valence-electron chi connectivity index (χ2n) is 6.14. The number of carbonyl (C=O) groups excluding carboxylic acids is 1. The fourth-order valence-electron chi connectivity index (χ4n) is 2.72. The van der Waals surface area contributed by atoms with Gasteiger partial charge in [0.05, 0.1) is 23.9 Å². The Hall–Kier alpha value is -3.36. The minimum atomic E-state index is -0.515. The minimum Gasteiger partial charge on any atom is -0.458 e. The van der Waals surface area contributed by atoms with Crippen LogP contribution in [0.4, 0.5) is 0 Å². The van der Waals surface area contributed by atoms with Gasteiger partial charge in [0.25, 0.3) is 0 Å². The summed E-state index contributed by atoms with van der Waals surface area (Å²) < 4.78 is 6.92. The molecule has 0 aliphatic rings. The largest absolute Gasteiger partial charge is 0.458 e. The van der Waals surface area contributed by atoms with Crippen molar-refractivity contribution < 1.29 is 9.53 Å². The van der Waals surface area contributed by atoms with Crippen LogP contribution in [0.15, 0.2) is 60.7 Å². The summed E-state index contributed by atoms with van der Waals surface area (Å²) in [7, 11) is 0. The third-order valence-corrected chi connectivity index (χ3v) is 4.58. The average molecular weight is 392 g/mol. The van der Waals surface area contributed by atoms with E-state index in [4.69, 9.17) is 21.6 Å². The SMILES string of the molecule is Cc1nn(Cc2ccccc2)c(Cl)c1/C=C/C(=O)OCc1ccccc1C#N. The Labute approximate surface area is 168 Å². The molecule has 0 bridgehead atoms. The Morgan fingerprint density at radius 1 is 1.21 bits per heavy atom. The van der Waals surface area contributed by atoms with Gasteiger partial charge in [0.2, 0.25) is 0 Å².